The molecule has 2 aliphatic rings. The molecule has 7 nitrogen and oxygen atoms in total. The minimum absolute atomic E-state index is 0.238. The summed E-state index contributed by atoms with van der Waals surface area (Å²) in [6.07, 6.45) is 2.94. The Labute approximate surface area is 194 Å². The van der Waals surface area contributed by atoms with Crippen LogP contribution < -0.4 is 0 Å². The summed E-state index contributed by atoms with van der Waals surface area (Å²) in [5.74, 6) is -0.145. The van der Waals surface area contributed by atoms with Crippen LogP contribution in [0.25, 0.3) is 0 Å². The van der Waals surface area contributed by atoms with E-state index in [-0.39, 0.29) is 6.61 Å². The minimum Gasteiger partial charge on any atom is -0.480 e. The summed E-state index contributed by atoms with van der Waals surface area (Å²) in [5.41, 5.74) is 4.54. The molecule has 33 heavy (non-hydrogen) atoms. The maximum Gasteiger partial charge on any atom is 0.329 e. The second-order valence-corrected chi connectivity index (χ2v) is 8.92. The van der Waals surface area contributed by atoms with Gasteiger partial charge in [-0.1, -0.05) is 60.2 Å². The molecule has 1 saturated carbocycles. The second-order valence-electron chi connectivity index (χ2n) is 8.92. The standard InChI is InChI=1S/C26H31N3O4/c1-18-7-13-22(14-8-18)25-24(21-5-3-2-4-6-21)27-26(32)29(28-25)15-19-9-11-20(12-10-19)16-33-17-23(30)31/h2-8,13-14,19-20,26,32H,9-12,15-17H2,1H3,(H,30,31)/t19-,20-,26?. The Morgan fingerprint density at radius 3 is 2.27 bits per heavy atom. The quantitative estimate of drug-likeness (QED) is 0.641. The predicted octanol–water partition coefficient (Wildman–Crippen LogP) is 3.69. The molecule has 0 saturated heterocycles. The zero-order valence-electron chi connectivity index (χ0n) is 18.9. The molecule has 1 heterocycles. The van der Waals surface area contributed by atoms with Crippen LogP contribution in [0.5, 0.6) is 0 Å². The molecule has 2 N–H and O–H groups in total. The third-order valence-electron chi connectivity index (χ3n) is 6.33. The highest BCUT2D eigenvalue weighted by Gasteiger charge is 2.29. The Bertz CT molecular complexity index is 996. The van der Waals surface area contributed by atoms with Crippen molar-refractivity contribution in [3.05, 3.63) is 71.3 Å². The van der Waals surface area contributed by atoms with E-state index in [4.69, 9.17) is 14.9 Å². The molecule has 1 aliphatic heterocycles. The molecule has 2 aromatic carbocycles. The molecule has 0 bridgehead atoms. The highest BCUT2D eigenvalue weighted by atomic mass is 16.5. The van der Waals surface area contributed by atoms with Crippen LogP contribution in [0, 0.1) is 18.8 Å². The lowest BCUT2D eigenvalue weighted by Gasteiger charge is -2.34. The number of ether oxygens (including phenoxy) is 1. The number of carboxylic acid groups (broad SMARTS) is 1. The lowest BCUT2D eigenvalue weighted by Crippen LogP contribution is -2.41. The number of aliphatic imine (C=N–C) groups is 1. The van der Waals surface area contributed by atoms with E-state index < -0.39 is 12.3 Å². The van der Waals surface area contributed by atoms with Crippen molar-refractivity contribution < 1.29 is 19.7 Å². The number of hydrazone groups is 1. The predicted molar refractivity (Wildman–Crippen MR) is 127 cm³/mol. The number of hydrogen-bond acceptors (Lipinski definition) is 6. The number of nitrogens with zero attached hydrogens (tertiary/aromatic N) is 3. The van der Waals surface area contributed by atoms with E-state index in [0.29, 0.717) is 30.7 Å². The summed E-state index contributed by atoms with van der Waals surface area (Å²) in [7, 11) is 0. The van der Waals surface area contributed by atoms with E-state index in [1.165, 1.54) is 5.56 Å². The fourth-order valence-corrected chi connectivity index (χ4v) is 4.48. The van der Waals surface area contributed by atoms with Crippen molar-refractivity contribution in [1.29, 1.82) is 0 Å². The largest absolute Gasteiger partial charge is 0.480 e. The molecular weight excluding hydrogens is 418 g/mol. The van der Waals surface area contributed by atoms with Gasteiger partial charge >= 0.3 is 5.97 Å². The number of aliphatic hydroxyl groups excluding tert-OH is 1. The number of carbonyl (C=O) groups is 1. The summed E-state index contributed by atoms with van der Waals surface area (Å²) >= 11 is 0. The molecule has 1 fully saturated rings. The fraction of sp³-hybridized carbons (Fsp3) is 0.423. The molecule has 174 valence electrons. The topological polar surface area (TPSA) is 94.7 Å². The number of carboxylic acids is 1. The van der Waals surface area contributed by atoms with Gasteiger partial charge in [-0.05, 0) is 44.4 Å². The first kappa shape index (κ1) is 23.1. The number of rotatable bonds is 8. The Kier molecular flexibility index (Phi) is 7.52. The van der Waals surface area contributed by atoms with Gasteiger partial charge in [-0.15, -0.1) is 0 Å². The van der Waals surface area contributed by atoms with Crippen LogP contribution in [0.15, 0.2) is 64.7 Å². The van der Waals surface area contributed by atoms with Crippen LogP contribution in [0.4, 0.5) is 0 Å². The minimum atomic E-state index is -1.02. The van der Waals surface area contributed by atoms with E-state index in [1.807, 2.05) is 42.5 Å². The average Bonchev–Trinajstić information content (AvgIpc) is 2.82. The van der Waals surface area contributed by atoms with Gasteiger partial charge in [-0.2, -0.15) is 5.10 Å². The lowest BCUT2D eigenvalue weighted by molar-refractivity contribution is -0.142. The number of aliphatic carboxylic acids is 1. The molecule has 2 aromatic rings. The van der Waals surface area contributed by atoms with Gasteiger partial charge in [0, 0.05) is 17.7 Å². The van der Waals surface area contributed by atoms with E-state index in [2.05, 4.69) is 24.0 Å². The van der Waals surface area contributed by atoms with Crippen LogP contribution in [0.3, 0.4) is 0 Å². The van der Waals surface area contributed by atoms with Crippen LogP contribution in [0.1, 0.15) is 42.4 Å². The Morgan fingerprint density at radius 1 is 0.970 bits per heavy atom. The SMILES string of the molecule is Cc1ccc(C2=NN(C[C@H]3CC[C@H](COCC(=O)O)CC3)C(O)N=C2c2ccccc2)cc1. The molecule has 1 atom stereocenters. The summed E-state index contributed by atoms with van der Waals surface area (Å²) < 4.78 is 5.27. The van der Waals surface area contributed by atoms with E-state index in [9.17, 15) is 9.90 Å². The third kappa shape index (κ3) is 6.06. The molecule has 1 aliphatic carbocycles. The third-order valence-corrected chi connectivity index (χ3v) is 6.33. The normalized spacial score (nSPS) is 23.1. The van der Waals surface area contributed by atoms with Crippen molar-refractivity contribution in [3.63, 3.8) is 0 Å². The van der Waals surface area contributed by atoms with Gasteiger partial charge in [0.25, 0.3) is 0 Å². The molecule has 1 unspecified atom stereocenters. The first-order valence-corrected chi connectivity index (χ1v) is 11.5. The molecule has 0 amide bonds. The summed E-state index contributed by atoms with van der Waals surface area (Å²) in [5, 5.41) is 26.1. The smallest absolute Gasteiger partial charge is 0.329 e. The Balaban J connectivity index is 1.46. The van der Waals surface area contributed by atoms with Crippen molar-refractivity contribution in [3.8, 4) is 0 Å². The van der Waals surface area contributed by atoms with E-state index in [1.54, 1.807) is 5.01 Å². The lowest BCUT2D eigenvalue weighted by atomic mass is 9.82. The van der Waals surface area contributed by atoms with Crippen molar-refractivity contribution in [2.75, 3.05) is 19.8 Å². The highest BCUT2D eigenvalue weighted by molar-refractivity contribution is 6.53. The Morgan fingerprint density at radius 2 is 1.61 bits per heavy atom. The van der Waals surface area contributed by atoms with Gasteiger partial charge in [0.15, 0.2) is 0 Å². The monoisotopic (exact) mass is 449 g/mol. The molecule has 0 radical (unpaired) electrons. The average molecular weight is 450 g/mol. The van der Waals surface area contributed by atoms with Gasteiger partial charge in [0.2, 0.25) is 6.35 Å². The molecule has 0 aromatic heterocycles. The van der Waals surface area contributed by atoms with Gasteiger partial charge < -0.3 is 14.9 Å². The molecule has 0 spiro atoms. The molecular formula is C26H31N3O4. The highest BCUT2D eigenvalue weighted by Crippen LogP contribution is 2.31. The number of benzene rings is 2. The van der Waals surface area contributed by atoms with Crippen LogP contribution in [-0.2, 0) is 9.53 Å². The van der Waals surface area contributed by atoms with Crippen molar-refractivity contribution in [1.82, 2.24) is 5.01 Å². The molecule has 7 heteroatoms. The first-order chi connectivity index (χ1) is 16.0. The second kappa shape index (κ2) is 10.7. The van der Waals surface area contributed by atoms with Gasteiger partial charge in [-0.25, -0.2) is 14.8 Å². The van der Waals surface area contributed by atoms with E-state index in [0.717, 1.165) is 42.5 Å². The van der Waals surface area contributed by atoms with Crippen LogP contribution in [0.2, 0.25) is 0 Å². The number of hydrogen-bond donors (Lipinski definition) is 2. The van der Waals surface area contributed by atoms with E-state index >= 15 is 0 Å². The summed E-state index contributed by atoms with van der Waals surface area (Å²) in [4.78, 5) is 15.3. The summed E-state index contributed by atoms with van der Waals surface area (Å²) in [6, 6.07) is 18.1. The maximum atomic E-state index is 10.8. The maximum absolute atomic E-state index is 10.8. The van der Waals surface area contributed by atoms with Crippen molar-refractivity contribution in [2.45, 2.75) is 39.0 Å². The number of aliphatic hydroxyl groups is 1. The van der Waals surface area contributed by atoms with Crippen LogP contribution in [-0.4, -0.2) is 58.7 Å². The zero-order chi connectivity index (χ0) is 23.2. The summed E-state index contributed by atoms with van der Waals surface area (Å²) in [6.45, 7) is 2.94. The van der Waals surface area contributed by atoms with Gasteiger partial charge in [-0.3, -0.25) is 0 Å². The molecule has 4 rings (SSSR count). The fourth-order valence-electron chi connectivity index (χ4n) is 4.48. The first-order valence-electron chi connectivity index (χ1n) is 11.5. The number of aryl methyl sites for hydroxylation is 1. The van der Waals surface area contributed by atoms with Crippen LogP contribution >= 0.6 is 0 Å². The van der Waals surface area contributed by atoms with Crippen molar-refractivity contribution in [2.24, 2.45) is 21.9 Å². The van der Waals surface area contributed by atoms with Gasteiger partial charge in [0.1, 0.15) is 12.3 Å². The zero-order valence-corrected chi connectivity index (χ0v) is 18.9. The van der Waals surface area contributed by atoms with Gasteiger partial charge in [0.05, 0.1) is 12.3 Å². The Hall–Kier alpha value is -3.03. The van der Waals surface area contributed by atoms with Crippen molar-refractivity contribution >= 4 is 17.4 Å².